The first kappa shape index (κ1) is 36.4. The van der Waals surface area contributed by atoms with Crippen LogP contribution in [0.4, 0.5) is 0 Å². The Labute approximate surface area is 273 Å². The van der Waals surface area contributed by atoms with E-state index in [1.807, 2.05) is 0 Å². The van der Waals surface area contributed by atoms with Gasteiger partial charge in [-0.1, -0.05) is 6.92 Å². The molecule has 21 atom stereocenters. The molecule has 10 N–H and O–H groups in total. The summed E-state index contributed by atoms with van der Waals surface area (Å²) < 4.78 is 51.9. The Hall–Kier alpha value is -0.410. The molecule has 0 aromatic carbocycles. The van der Waals surface area contributed by atoms with Crippen molar-refractivity contribution in [1.82, 2.24) is 0 Å². The van der Waals surface area contributed by atoms with Gasteiger partial charge in [0.2, 0.25) is 5.79 Å². The Morgan fingerprint density at radius 1 is 0.681 bits per heavy atom. The molecule has 6 fully saturated rings. The molecule has 0 saturated carbocycles. The van der Waals surface area contributed by atoms with Crippen molar-refractivity contribution in [3.63, 3.8) is 0 Å². The van der Waals surface area contributed by atoms with Crippen LogP contribution in [0.15, 0.2) is 0 Å². The summed E-state index contributed by atoms with van der Waals surface area (Å²) in [6, 6.07) is 0. The van der Waals surface area contributed by atoms with Gasteiger partial charge in [0.15, 0.2) is 18.9 Å². The lowest BCUT2D eigenvalue weighted by Gasteiger charge is -2.53. The molecule has 0 aromatic heterocycles. The lowest BCUT2D eigenvalue weighted by Crippen LogP contribution is -2.71. The van der Waals surface area contributed by atoms with Crippen LogP contribution < -0.4 is 0 Å². The van der Waals surface area contributed by atoms with Gasteiger partial charge in [0.25, 0.3) is 0 Å². The van der Waals surface area contributed by atoms with Gasteiger partial charge in [-0.3, -0.25) is 0 Å². The standard InChI is InChI=1S/C27H44O19S/c1-2-11(47)27(23(36)14(32)12(30)8(4-29)45-27)46-19-10-6-39-22(19)17(35)26(42-10)44-20-13(31)7(3-28)41-25(16(20)34)43-18-9-5-38-21(18)15(33)24(37)40-9/h7-26,28-37,47H,2-6H2,1H3/t7-,8-,9+,10+,11?,12+,13-,14+,15+,16-,17+,18+,19+,20+,21+,22+,23-,24-,25+,26+,27-/m1/s1. The topological polar surface area (TPSA) is 285 Å². The maximum Gasteiger partial charge on any atom is 0.210 e. The highest BCUT2D eigenvalue weighted by Gasteiger charge is 2.63. The van der Waals surface area contributed by atoms with Crippen LogP contribution >= 0.6 is 12.6 Å². The number of rotatable bonds is 10. The minimum absolute atomic E-state index is 0.0256. The van der Waals surface area contributed by atoms with Crippen LogP contribution in [0.25, 0.3) is 0 Å². The van der Waals surface area contributed by atoms with Crippen molar-refractivity contribution in [3.05, 3.63) is 0 Å². The van der Waals surface area contributed by atoms with Gasteiger partial charge in [0.1, 0.15) is 97.7 Å². The van der Waals surface area contributed by atoms with E-state index in [4.69, 9.17) is 42.6 Å². The zero-order chi connectivity index (χ0) is 33.9. The number of hydrogen-bond donors (Lipinski definition) is 11. The second-order valence-electron chi connectivity index (χ2n) is 12.6. The van der Waals surface area contributed by atoms with Gasteiger partial charge in [-0.15, -0.1) is 0 Å². The quantitative estimate of drug-likeness (QED) is 0.0943. The minimum atomic E-state index is -2.09. The van der Waals surface area contributed by atoms with Crippen LogP contribution in [0.2, 0.25) is 0 Å². The van der Waals surface area contributed by atoms with E-state index in [2.05, 4.69) is 12.6 Å². The zero-order valence-electron chi connectivity index (χ0n) is 25.2. The summed E-state index contributed by atoms with van der Waals surface area (Å²) >= 11 is 4.50. The van der Waals surface area contributed by atoms with E-state index >= 15 is 0 Å². The second-order valence-corrected chi connectivity index (χ2v) is 13.2. The van der Waals surface area contributed by atoms with E-state index in [0.717, 1.165) is 0 Å². The van der Waals surface area contributed by atoms with Crippen molar-refractivity contribution < 1.29 is 93.7 Å². The molecule has 0 spiro atoms. The molecule has 0 aliphatic carbocycles. The number of aliphatic hydroxyl groups excluding tert-OH is 10. The fourth-order valence-corrected chi connectivity index (χ4v) is 7.31. The van der Waals surface area contributed by atoms with E-state index in [-0.39, 0.29) is 19.6 Å². The molecular formula is C27H44O19S. The molecule has 6 rings (SSSR count). The summed E-state index contributed by atoms with van der Waals surface area (Å²) in [5, 5.41) is 104. The number of fused-ring (bicyclic) bond motifs is 4. The molecule has 6 aliphatic heterocycles. The van der Waals surface area contributed by atoms with E-state index in [0.29, 0.717) is 0 Å². The van der Waals surface area contributed by atoms with Crippen LogP contribution in [0.3, 0.4) is 0 Å². The molecule has 4 bridgehead atoms. The van der Waals surface area contributed by atoms with Crippen LogP contribution in [0.5, 0.6) is 0 Å². The van der Waals surface area contributed by atoms with Gasteiger partial charge >= 0.3 is 0 Å². The first-order valence-electron chi connectivity index (χ1n) is 15.6. The fraction of sp³-hybridized carbons (Fsp3) is 1.00. The third-order valence-electron chi connectivity index (χ3n) is 9.71. The average Bonchev–Trinajstić information content (AvgIpc) is 3.55. The Balaban J connectivity index is 1.17. The molecule has 47 heavy (non-hydrogen) atoms. The highest BCUT2D eigenvalue weighted by Crippen LogP contribution is 2.43. The van der Waals surface area contributed by atoms with Crippen molar-refractivity contribution in [2.45, 2.75) is 141 Å². The van der Waals surface area contributed by atoms with Gasteiger partial charge in [0.05, 0.1) is 31.7 Å². The first-order valence-corrected chi connectivity index (χ1v) is 16.1. The van der Waals surface area contributed by atoms with Crippen molar-refractivity contribution in [2.75, 3.05) is 26.4 Å². The predicted octanol–water partition coefficient (Wildman–Crippen LogP) is -6.58. The smallest absolute Gasteiger partial charge is 0.210 e. The molecule has 0 amide bonds. The molecule has 272 valence electrons. The number of hydrogen-bond acceptors (Lipinski definition) is 20. The molecule has 0 aromatic rings. The molecule has 1 unspecified atom stereocenters. The van der Waals surface area contributed by atoms with Crippen molar-refractivity contribution in [3.8, 4) is 0 Å². The molecule has 6 saturated heterocycles. The van der Waals surface area contributed by atoms with Gasteiger partial charge in [0, 0.05) is 0 Å². The maximum atomic E-state index is 11.3. The van der Waals surface area contributed by atoms with Crippen LogP contribution in [0, 0.1) is 0 Å². The van der Waals surface area contributed by atoms with E-state index < -0.39 is 141 Å². The van der Waals surface area contributed by atoms with Crippen molar-refractivity contribution in [2.24, 2.45) is 0 Å². The van der Waals surface area contributed by atoms with E-state index in [1.165, 1.54) is 0 Å². The first-order chi connectivity index (χ1) is 22.4. The molecule has 6 aliphatic rings. The maximum absolute atomic E-state index is 11.3. The van der Waals surface area contributed by atoms with Crippen LogP contribution in [0.1, 0.15) is 13.3 Å². The van der Waals surface area contributed by atoms with E-state index in [1.54, 1.807) is 6.92 Å². The molecular weight excluding hydrogens is 660 g/mol. The highest BCUT2D eigenvalue weighted by molar-refractivity contribution is 7.81. The summed E-state index contributed by atoms with van der Waals surface area (Å²) in [5.74, 6) is -2.09. The number of thiol groups is 1. The average molecular weight is 705 g/mol. The van der Waals surface area contributed by atoms with Crippen LogP contribution in [-0.2, 0) is 42.6 Å². The minimum Gasteiger partial charge on any atom is -0.394 e. The second kappa shape index (κ2) is 14.3. The Morgan fingerprint density at radius 3 is 1.91 bits per heavy atom. The summed E-state index contributed by atoms with van der Waals surface area (Å²) in [5.41, 5.74) is 0. The Morgan fingerprint density at radius 2 is 1.28 bits per heavy atom. The third kappa shape index (κ3) is 6.26. The predicted molar refractivity (Wildman–Crippen MR) is 149 cm³/mol. The molecule has 19 nitrogen and oxygen atoms in total. The monoisotopic (exact) mass is 704 g/mol. The summed E-state index contributed by atoms with van der Waals surface area (Å²) in [6.07, 6.45) is -26.6. The van der Waals surface area contributed by atoms with Gasteiger partial charge in [-0.05, 0) is 6.42 Å². The SMILES string of the molecule is CCC(S)[C@]1(O[C@@H]2[C@H]3OC[C@@H]2O[C@@H](O[C@@H]2[C@@H](O)[C@H](O[C@@H]4[C@H]5OC[C@@H]4O[C@@H](O)[C@H]5O)O[C@H](CO)[C@H]2O)[C@H]3O)O[C@H](CO)[C@H](O)[C@H](O)[C@H]1O. The summed E-state index contributed by atoms with van der Waals surface area (Å²) in [6.45, 7) is 0.0986. The van der Waals surface area contributed by atoms with E-state index in [9.17, 15) is 51.1 Å². The molecule has 20 heteroatoms. The van der Waals surface area contributed by atoms with Gasteiger partial charge in [-0.2, -0.15) is 12.6 Å². The number of ether oxygens (including phenoxy) is 9. The molecule has 6 heterocycles. The van der Waals surface area contributed by atoms with Gasteiger partial charge in [-0.25, -0.2) is 0 Å². The Bertz CT molecular complexity index is 1060. The Kier molecular flexibility index (Phi) is 11.1. The van der Waals surface area contributed by atoms with Crippen molar-refractivity contribution >= 4 is 12.6 Å². The lowest BCUT2D eigenvalue weighted by atomic mass is 9.88. The number of aliphatic hydroxyl groups is 10. The summed E-state index contributed by atoms with van der Waals surface area (Å²) in [7, 11) is 0. The fourth-order valence-electron chi connectivity index (χ4n) is 7.03. The van der Waals surface area contributed by atoms with Crippen molar-refractivity contribution in [1.29, 1.82) is 0 Å². The third-order valence-corrected chi connectivity index (χ3v) is 10.4. The van der Waals surface area contributed by atoms with Gasteiger partial charge < -0.3 is 93.7 Å². The zero-order valence-corrected chi connectivity index (χ0v) is 26.1. The normalized spacial score (nSPS) is 55.3. The largest absolute Gasteiger partial charge is 0.394 e. The summed E-state index contributed by atoms with van der Waals surface area (Å²) in [4.78, 5) is 0. The lowest BCUT2D eigenvalue weighted by molar-refractivity contribution is -0.398. The molecule has 0 radical (unpaired) electrons. The van der Waals surface area contributed by atoms with Crippen LogP contribution in [-0.4, -0.2) is 205 Å². The highest BCUT2D eigenvalue weighted by atomic mass is 32.1.